The van der Waals surface area contributed by atoms with Crippen molar-refractivity contribution in [2.75, 3.05) is 26.2 Å². The van der Waals surface area contributed by atoms with Crippen LogP contribution >= 0.6 is 0 Å². The lowest BCUT2D eigenvalue weighted by molar-refractivity contribution is -0.200. The van der Waals surface area contributed by atoms with Gasteiger partial charge < -0.3 is 15.5 Å². The van der Waals surface area contributed by atoms with Crippen LogP contribution in [0.3, 0.4) is 0 Å². The van der Waals surface area contributed by atoms with Gasteiger partial charge in [0.25, 0.3) is 5.91 Å². The van der Waals surface area contributed by atoms with Crippen molar-refractivity contribution in [3.05, 3.63) is 60.3 Å². The Morgan fingerprint density at radius 1 is 0.848 bits per heavy atom. The molecule has 0 radical (unpaired) electrons. The van der Waals surface area contributed by atoms with Gasteiger partial charge in [-0.3, -0.25) is 14.2 Å². The Hall–Kier alpha value is -3.33. The molecule has 6 nitrogen and oxygen atoms in total. The minimum Gasteiger partial charge on any atom is -0.338 e. The number of carbonyl (C=O) groups excluding carboxylic acids is 2. The molecule has 1 aromatic heterocycles. The van der Waals surface area contributed by atoms with Crippen molar-refractivity contribution in [1.82, 2.24) is 14.4 Å². The van der Waals surface area contributed by atoms with Gasteiger partial charge in [0.2, 0.25) is 5.91 Å². The highest BCUT2D eigenvalue weighted by Gasteiger charge is 2.48. The number of benzene rings is 2. The number of amides is 2. The number of rotatable bonds is 3. The fraction of sp³-hybridized carbons (Fsp3) is 0.333. The molecule has 172 valence electrons. The summed E-state index contributed by atoms with van der Waals surface area (Å²) in [6.07, 6.45) is -2.01. The van der Waals surface area contributed by atoms with E-state index in [1.807, 2.05) is 0 Å². The van der Waals surface area contributed by atoms with E-state index in [1.165, 1.54) is 12.1 Å². The van der Waals surface area contributed by atoms with Crippen LogP contribution in [0.25, 0.3) is 22.0 Å². The molecule has 2 amide bonds. The fourth-order valence-electron chi connectivity index (χ4n) is 4.31. The first-order chi connectivity index (χ1) is 15.7. The normalized spacial score (nSPS) is 17.9. The van der Waals surface area contributed by atoms with Crippen molar-refractivity contribution in [2.45, 2.75) is 24.7 Å². The predicted octanol–water partition coefficient (Wildman–Crippen LogP) is 3.56. The van der Waals surface area contributed by atoms with Crippen molar-refractivity contribution in [3.63, 3.8) is 0 Å². The minimum absolute atomic E-state index is 0.0264. The molecule has 33 heavy (non-hydrogen) atoms. The van der Waals surface area contributed by atoms with Crippen LogP contribution < -0.4 is 5.73 Å². The van der Waals surface area contributed by atoms with Crippen LogP contribution in [0.5, 0.6) is 0 Å². The second-order valence-electron chi connectivity index (χ2n) is 8.75. The molecule has 0 bridgehead atoms. The molecule has 1 aliphatic carbocycles. The molecular formula is C24H23F3N4O2. The maximum absolute atomic E-state index is 13.1. The molecular weight excluding hydrogens is 433 g/mol. The van der Waals surface area contributed by atoms with Crippen LogP contribution in [0.1, 0.15) is 23.2 Å². The highest BCUT2D eigenvalue weighted by Crippen LogP contribution is 2.34. The number of fused-ring (bicyclic) bond motifs is 1. The number of hydrogen-bond donors (Lipinski definition) is 1. The van der Waals surface area contributed by atoms with E-state index in [2.05, 4.69) is 0 Å². The zero-order valence-electron chi connectivity index (χ0n) is 17.8. The Morgan fingerprint density at radius 2 is 1.45 bits per heavy atom. The van der Waals surface area contributed by atoms with E-state index in [1.54, 1.807) is 46.2 Å². The van der Waals surface area contributed by atoms with Gasteiger partial charge >= 0.3 is 6.30 Å². The number of halogens is 3. The van der Waals surface area contributed by atoms with Crippen molar-refractivity contribution in [1.29, 1.82) is 0 Å². The molecule has 1 aliphatic heterocycles. The smallest absolute Gasteiger partial charge is 0.338 e. The molecule has 2 N–H and O–H groups in total. The molecule has 0 unspecified atom stereocenters. The number of nitrogens with zero attached hydrogens (tertiary/aromatic N) is 3. The largest absolute Gasteiger partial charge is 0.488 e. The second kappa shape index (κ2) is 7.62. The zero-order valence-corrected chi connectivity index (χ0v) is 17.8. The van der Waals surface area contributed by atoms with E-state index >= 15 is 0 Å². The molecule has 2 fully saturated rings. The predicted molar refractivity (Wildman–Crippen MR) is 117 cm³/mol. The first-order valence-electron chi connectivity index (χ1n) is 10.8. The van der Waals surface area contributed by atoms with E-state index in [0.29, 0.717) is 41.7 Å². The number of hydrogen-bond acceptors (Lipinski definition) is 3. The summed E-state index contributed by atoms with van der Waals surface area (Å²) < 4.78 is 39.5. The van der Waals surface area contributed by atoms with E-state index in [-0.39, 0.29) is 17.3 Å². The van der Waals surface area contributed by atoms with E-state index in [4.69, 9.17) is 5.73 Å². The minimum atomic E-state index is -4.46. The van der Waals surface area contributed by atoms with Gasteiger partial charge in [-0.25, -0.2) is 0 Å². The molecule has 9 heteroatoms. The molecule has 1 saturated heterocycles. The summed E-state index contributed by atoms with van der Waals surface area (Å²) in [5.74, 6) is -0.137. The Balaban J connectivity index is 1.27. The molecule has 2 heterocycles. The van der Waals surface area contributed by atoms with Crippen LogP contribution in [-0.4, -0.2) is 57.9 Å². The average molecular weight is 456 g/mol. The van der Waals surface area contributed by atoms with Gasteiger partial charge in [-0.2, -0.15) is 0 Å². The van der Waals surface area contributed by atoms with Crippen LogP contribution in [-0.2, 0) is 11.1 Å². The number of aromatic nitrogens is 1. The summed E-state index contributed by atoms with van der Waals surface area (Å²) in [4.78, 5) is 28.7. The Kier molecular flexibility index (Phi) is 4.97. The SMILES string of the molecule is NC1(C(=O)N2CCN(C(=O)c3ccc(-c4ccc5c(ccn5C(F)(F)F)c4)cc3)CC2)CC1. The summed E-state index contributed by atoms with van der Waals surface area (Å²) in [6.45, 7) is 1.85. The first-order valence-corrected chi connectivity index (χ1v) is 10.8. The van der Waals surface area contributed by atoms with Gasteiger partial charge in [0.15, 0.2) is 0 Å². The number of piperazine rings is 1. The third-order valence-electron chi connectivity index (χ3n) is 6.50. The molecule has 5 rings (SSSR count). The van der Waals surface area contributed by atoms with Crippen molar-refractivity contribution >= 4 is 22.7 Å². The summed E-state index contributed by atoms with van der Waals surface area (Å²) >= 11 is 0. The lowest BCUT2D eigenvalue weighted by Gasteiger charge is -2.36. The van der Waals surface area contributed by atoms with Gasteiger partial charge in [0.05, 0.1) is 11.1 Å². The van der Waals surface area contributed by atoms with Crippen LogP contribution in [0.2, 0.25) is 0 Å². The van der Waals surface area contributed by atoms with Crippen LogP contribution in [0, 0.1) is 0 Å². The number of nitrogens with two attached hydrogens (primary N) is 1. The molecule has 1 saturated carbocycles. The summed E-state index contributed by atoms with van der Waals surface area (Å²) in [5.41, 5.74) is 7.50. The number of carbonyl (C=O) groups is 2. The third-order valence-corrected chi connectivity index (χ3v) is 6.50. The first kappa shape index (κ1) is 21.5. The fourth-order valence-corrected chi connectivity index (χ4v) is 4.31. The monoisotopic (exact) mass is 456 g/mol. The van der Waals surface area contributed by atoms with E-state index < -0.39 is 11.8 Å². The molecule has 2 aromatic carbocycles. The topological polar surface area (TPSA) is 71.6 Å². The standard InChI is InChI=1S/C24H23F3N4O2/c25-24(26,27)31-10-7-19-15-18(5-6-20(19)31)16-1-3-17(4-2-16)21(32)29-11-13-30(14-12-29)22(33)23(28)8-9-23/h1-7,10,15H,8-9,11-14,28H2. The van der Waals surface area contributed by atoms with Crippen LogP contribution in [0.4, 0.5) is 13.2 Å². The lowest BCUT2D eigenvalue weighted by atomic mass is 10.0. The Labute approximate surface area is 188 Å². The Morgan fingerprint density at radius 3 is 2.06 bits per heavy atom. The lowest BCUT2D eigenvalue weighted by Crippen LogP contribution is -2.55. The second-order valence-corrected chi connectivity index (χ2v) is 8.75. The maximum atomic E-state index is 13.1. The Bertz CT molecular complexity index is 1220. The summed E-state index contributed by atoms with van der Waals surface area (Å²) in [5, 5.41) is 0.489. The van der Waals surface area contributed by atoms with Gasteiger partial charge in [-0.05, 0) is 54.3 Å². The van der Waals surface area contributed by atoms with Gasteiger partial charge in [-0.15, -0.1) is 13.2 Å². The maximum Gasteiger partial charge on any atom is 0.488 e. The van der Waals surface area contributed by atoms with Crippen molar-refractivity contribution < 1.29 is 22.8 Å². The van der Waals surface area contributed by atoms with Gasteiger partial charge in [0.1, 0.15) is 0 Å². The highest BCUT2D eigenvalue weighted by molar-refractivity contribution is 5.95. The zero-order chi connectivity index (χ0) is 23.4. The quantitative estimate of drug-likeness (QED) is 0.655. The van der Waals surface area contributed by atoms with E-state index in [9.17, 15) is 22.8 Å². The van der Waals surface area contributed by atoms with Crippen molar-refractivity contribution in [2.24, 2.45) is 5.73 Å². The van der Waals surface area contributed by atoms with Gasteiger partial charge in [-0.1, -0.05) is 18.2 Å². The number of alkyl halides is 3. The summed E-state index contributed by atoms with van der Waals surface area (Å²) in [7, 11) is 0. The van der Waals surface area contributed by atoms with E-state index in [0.717, 1.165) is 30.2 Å². The molecule has 3 aromatic rings. The molecule has 2 aliphatic rings. The molecule has 0 atom stereocenters. The van der Waals surface area contributed by atoms with Crippen LogP contribution in [0.15, 0.2) is 54.7 Å². The van der Waals surface area contributed by atoms with Gasteiger partial charge in [0, 0.05) is 43.3 Å². The van der Waals surface area contributed by atoms with Crippen molar-refractivity contribution in [3.8, 4) is 11.1 Å². The highest BCUT2D eigenvalue weighted by atomic mass is 19.4. The third kappa shape index (κ3) is 3.97. The summed E-state index contributed by atoms with van der Waals surface area (Å²) in [6, 6.07) is 13.3. The molecule has 0 spiro atoms. The average Bonchev–Trinajstić information content (AvgIpc) is 3.41.